The summed E-state index contributed by atoms with van der Waals surface area (Å²) < 4.78 is 5.03. The summed E-state index contributed by atoms with van der Waals surface area (Å²) in [6, 6.07) is 6.56. The zero-order valence-electron chi connectivity index (χ0n) is 11.7. The molecule has 0 radical (unpaired) electrons. The maximum absolute atomic E-state index is 11.4. The molecule has 1 aromatic carbocycles. The van der Waals surface area contributed by atoms with Crippen molar-refractivity contribution < 1.29 is 24.2 Å². The van der Waals surface area contributed by atoms with Crippen molar-refractivity contribution in [1.82, 2.24) is 0 Å². The van der Waals surface area contributed by atoms with Crippen LogP contribution in [0.1, 0.15) is 25.3 Å². The number of carboxylic acids is 1. The first-order valence-corrected chi connectivity index (χ1v) is 6.29. The molecule has 0 aliphatic carbocycles. The van der Waals surface area contributed by atoms with Crippen molar-refractivity contribution in [3.8, 4) is 5.75 Å². The van der Waals surface area contributed by atoms with E-state index in [2.05, 4.69) is 6.58 Å². The summed E-state index contributed by atoms with van der Waals surface area (Å²) >= 11 is 0. The lowest BCUT2D eigenvalue weighted by atomic mass is 10.1. The van der Waals surface area contributed by atoms with Gasteiger partial charge in [0.05, 0.1) is 6.42 Å². The van der Waals surface area contributed by atoms with Gasteiger partial charge in [0.2, 0.25) is 0 Å². The Morgan fingerprint density at radius 2 is 1.81 bits per heavy atom. The van der Waals surface area contributed by atoms with Gasteiger partial charge in [0.25, 0.3) is 0 Å². The second kappa shape index (κ2) is 7.79. The van der Waals surface area contributed by atoms with Gasteiger partial charge in [-0.1, -0.05) is 24.8 Å². The van der Waals surface area contributed by atoms with E-state index in [1.54, 1.807) is 37.3 Å². The van der Waals surface area contributed by atoms with Crippen LogP contribution in [-0.2, 0) is 14.4 Å². The normalized spacial score (nSPS) is 10.3. The van der Waals surface area contributed by atoms with Gasteiger partial charge in [-0.2, -0.15) is 0 Å². The molecule has 21 heavy (non-hydrogen) atoms. The molecule has 5 nitrogen and oxygen atoms in total. The van der Waals surface area contributed by atoms with Gasteiger partial charge < -0.3 is 9.84 Å². The SMILES string of the molecule is C=C(C)C(=O)Oc1ccc(/C=C/C(=O)CCC(=O)O)cc1. The van der Waals surface area contributed by atoms with E-state index >= 15 is 0 Å². The zero-order valence-corrected chi connectivity index (χ0v) is 11.7. The van der Waals surface area contributed by atoms with Gasteiger partial charge in [0.1, 0.15) is 5.75 Å². The minimum Gasteiger partial charge on any atom is -0.481 e. The molecule has 1 N–H and O–H groups in total. The summed E-state index contributed by atoms with van der Waals surface area (Å²) in [6.07, 6.45) is 2.70. The predicted molar refractivity (Wildman–Crippen MR) is 77.8 cm³/mol. The maximum atomic E-state index is 11.4. The standard InChI is InChI=1S/C16H16O5/c1-11(2)16(20)21-14-8-4-12(5-9-14)3-6-13(17)7-10-15(18)19/h3-6,8-9H,1,7,10H2,2H3,(H,18,19)/b6-3+. The summed E-state index contributed by atoms with van der Waals surface area (Å²) in [5.74, 6) is -1.37. The van der Waals surface area contributed by atoms with E-state index in [4.69, 9.17) is 9.84 Å². The van der Waals surface area contributed by atoms with Gasteiger partial charge in [-0.15, -0.1) is 0 Å². The van der Waals surface area contributed by atoms with E-state index in [1.165, 1.54) is 6.08 Å². The molecule has 0 aliphatic heterocycles. The second-order valence-corrected chi connectivity index (χ2v) is 4.43. The Kier molecular flexibility index (Phi) is 6.07. The molecule has 0 aromatic heterocycles. The van der Waals surface area contributed by atoms with Crippen molar-refractivity contribution in [2.75, 3.05) is 0 Å². The molecule has 5 heteroatoms. The van der Waals surface area contributed by atoms with Crippen LogP contribution in [-0.4, -0.2) is 22.8 Å². The van der Waals surface area contributed by atoms with E-state index < -0.39 is 11.9 Å². The molecule has 0 unspecified atom stereocenters. The molecule has 0 saturated heterocycles. The monoisotopic (exact) mass is 288 g/mol. The Hall–Kier alpha value is -2.69. The lowest BCUT2D eigenvalue weighted by Crippen LogP contribution is -2.07. The highest BCUT2D eigenvalue weighted by atomic mass is 16.5. The first kappa shape index (κ1) is 16.4. The molecular formula is C16H16O5. The third-order valence-electron chi connectivity index (χ3n) is 2.49. The number of benzene rings is 1. The van der Waals surface area contributed by atoms with Crippen LogP contribution in [0.25, 0.3) is 6.08 Å². The molecule has 0 atom stereocenters. The molecule has 1 aromatic rings. The third-order valence-corrected chi connectivity index (χ3v) is 2.49. The van der Waals surface area contributed by atoms with Crippen molar-refractivity contribution in [3.63, 3.8) is 0 Å². The van der Waals surface area contributed by atoms with Crippen LogP contribution in [0.5, 0.6) is 5.75 Å². The maximum Gasteiger partial charge on any atom is 0.338 e. The second-order valence-electron chi connectivity index (χ2n) is 4.43. The Morgan fingerprint density at radius 1 is 1.19 bits per heavy atom. The average Bonchev–Trinajstić information content (AvgIpc) is 2.44. The summed E-state index contributed by atoms with van der Waals surface area (Å²) in [7, 11) is 0. The van der Waals surface area contributed by atoms with Crippen LogP contribution in [0.2, 0.25) is 0 Å². The lowest BCUT2D eigenvalue weighted by molar-refractivity contribution is -0.138. The van der Waals surface area contributed by atoms with Crippen molar-refractivity contribution in [2.24, 2.45) is 0 Å². The van der Waals surface area contributed by atoms with E-state index in [-0.39, 0.29) is 18.6 Å². The van der Waals surface area contributed by atoms with E-state index in [9.17, 15) is 14.4 Å². The molecule has 110 valence electrons. The molecule has 0 fully saturated rings. The third kappa shape index (κ3) is 6.33. The minimum absolute atomic E-state index is 0.0276. The summed E-state index contributed by atoms with van der Waals surface area (Å²) in [6.45, 7) is 5.04. The van der Waals surface area contributed by atoms with Gasteiger partial charge in [0.15, 0.2) is 5.78 Å². The molecule has 0 amide bonds. The van der Waals surface area contributed by atoms with E-state index in [1.807, 2.05) is 0 Å². The topological polar surface area (TPSA) is 80.7 Å². The van der Waals surface area contributed by atoms with Crippen LogP contribution >= 0.6 is 0 Å². The van der Waals surface area contributed by atoms with Crippen LogP contribution in [0, 0.1) is 0 Å². The number of esters is 1. The van der Waals surface area contributed by atoms with Crippen LogP contribution in [0.15, 0.2) is 42.5 Å². The summed E-state index contributed by atoms with van der Waals surface area (Å²) in [5.41, 5.74) is 1.05. The lowest BCUT2D eigenvalue weighted by Gasteiger charge is -2.03. The fourth-order valence-electron chi connectivity index (χ4n) is 1.34. The highest BCUT2D eigenvalue weighted by molar-refractivity contribution is 5.95. The quantitative estimate of drug-likeness (QED) is 0.474. The summed E-state index contributed by atoms with van der Waals surface area (Å²) in [4.78, 5) is 33.0. The van der Waals surface area contributed by atoms with Crippen molar-refractivity contribution >= 4 is 23.8 Å². The largest absolute Gasteiger partial charge is 0.481 e. The van der Waals surface area contributed by atoms with Crippen LogP contribution < -0.4 is 4.74 Å². The highest BCUT2D eigenvalue weighted by Crippen LogP contribution is 2.14. The Bertz CT molecular complexity index is 581. The number of carboxylic acid groups (broad SMARTS) is 1. The number of carbonyl (C=O) groups excluding carboxylic acids is 2. The van der Waals surface area contributed by atoms with Gasteiger partial charge in [-0.05, 0) is 30.7 Å². The first-order valence-electron chi connectivity index (χ1n) is 6.29. The van der Waals surface area contributed by atoms with Gasteiger partial charge >= 0.3 is 11.9 Å². The Labute approximate surface area is 122 Å². The molecule has 0 heterocycles. The number of ether oxygens (including phenoxy) is 1. The predicted octanol–water partition coefficient (Wildman–Crippen LogP) is 2.62. The number of aliphatic carboxylic acids is 1. The number of allylic oxidation sites excluding steroid dienone is 1. The van der Waals surface area contributed by atoms with Crippen LogP contribution in [0.4, 0.5) is 0 Å². The average molecular weight is 288 g/mol. The Balaban J connectivity index is 2.58. The molecular weight excluding hydrogens is 272 g/mol. The molecule has 1 rings (SSSR count). The zero-order chi connectivity index (χ0) is 15.8. The number of rotatable bonds is 7. The van der Waals surface area contributed by atoms with Gasteiger partial charge in [-0.3, -0.25) is 9.59 Å². The van der Waals surface area contributed by atoms with Crippen molar-refractivity contribution in [3.05, 3.63) is 48.1 Å². The number of carbonyl (C=O) groups is 3. The van der Waals surface area contributed by atoms with E-state index in [0.717, 1.165) is 5.56 Å². The van der Waals surface area contributed by atoms with E-state index in [0.29, 0.717) is 11.3 Å². The highest BCUT2D eigenvalue weighted by Gasteiger charge is 2.05. The Morgan fingerprint density at radius 3 is 2.33 bits per heavy atom. The smallest absolute Gasteiger partial charge is 0.338 e. The summed E-state index contributed by atoms with van der Waals surface area (Å²) in [5, 5.41) is 8.47. The van der Waals surface area contributed by atoms with Gasteiger partial charge in [-0.25, -0.2) is 4.79 Å². The number of hydrogen-bond acceptors (Lipinski definition) is 4. The first-order chi connectivity index (χ1) is 9.88. The molecule has 0 aliphatic rings. The van der Waals surface area contributed by atoms with Gasteiger partial charge in [0, 0.05) is 12.0 Å². The molecule has 0 saturated carbocycles. The fraction of sp³-hybridized carbons (Fsp3) is 0.188. The van der Waals surface area contributed by atoms with Crippen LogP contribution in [0.3, 0.4) is 0 Å². The fourth-order valence-corrected chi connectivity index (χ4v) is 1.34. The molecule has 0 bridgehead atoms. The number of ketones is 1. The van der Waals surface area contributed by atoms with Crippen molar-refractivity contribution in [1.29, 1.82) is 0 Å². The number of hydrogen-bond donors (Lipinski definition) is 1. The molecule has 0 spiro atoms. The van der Waals surface area contributed by atoms with Crippen molar-refractivity contribution in [2.45, 2.75) is 19.8 Å². The minimum atomic E-state index is -1.000.